The van der Waals surface area contributed by atoms with Gasteiger partial charge in [0.1, 0.15) is 0 Å². The van der Waals surface area contributed by atoms with E-state index in [1.807, 2.05) is 18.7 Å². The molecule has 0 aliphatic heterocycles. The zero-order chi connectivity index (χ0) is 11.3. The molecule has 0 aliphatic rings. The first kappa shape index (κ1) is 12.5. The lowest BCUT2D eigenvalue weighted by atomic mass is 10.1. The van der Waals surface area contributed by atoms with Gasteiger partial charge in [0, 0.05) is 30.2 Å². The molecular formula is C11H19N3S. The van der Waals surface area contributed by atoms with Crippen molar-refractivity contribution in [3.63, 3.8) is 0 Å². The molecule has 2 unspecified atom stereocenters. The molecule has 0 amide bonds. The number of hydrogen-bond acceptors (Lipinski definition) is 4. The highest BCUT2D eigenvalue weighted by Crippen LogP contribution is 2.13. The Hall–Kier alpha value is -0.610. The van der Waals surface area contributed by atoms with Crippen LogP contribution in [0.25, 0.3) is 0 Å². The summed E-state index contributed by atoms with van der Waals surface area (Å²) in [6.45, 7) is 6.33. The molecule has 0 fully saturated rings. The van der Waals surface area contributed by atoms with E-state index in [0.717, 1.165) is 17.1 Å². The maximum Gasteiger partial charge on any atom is 0.0782 e. The Morgan fingerprint density at radius 3 is 2.60 bits per heavy atom. The van der Waals surface area contributed by atoms with Crippen LogP contribution in [-0.4, -0.2) is 28.0 Å². The average Bonchev–Trinajstić information content (AvgIpc) is 2.18. The average molecular weight is 225 g/mol. The van der Waals surface area contributed by atoms with Gasteiger partial charge in [-0.15, -0.1) is 0 Å². The summed E-state index contributed by atoms with van der Waals surface area (Å²) in [6.07, 6.45) is 5.60. The smallest absolute Gasteiger partial charge is 0.0782 e. The van der Waals surface area contributed by atoms with E-state index in [0.29, 0.717) is 6.04 Å². The summed E-state index contributed by atoms with van der Waals surface area (Å²) in [5.74, 6) is 1.11. The third-order valence-electron chi connectivity index (χ3n) is 2.28. The van der Waals surface area contributed by atoms with Gasteiger partial charge in [-0.2, -0.15) is 11.8 Å². The lowest BCUT2D eigenvalue weighted by Crippen LogP contribution is -2.31. The van der Waals surface area contributed by atoms with Crippen LogP contribution >= 0.6 is 11.8 Å². The molecule has 84 valence electrons. The fourth-order valence-corrected chi connectivity index (χ4v) is 2.24. The Bertz CT molecular complexity index is 304. The predicted molar refractivity (Wildman–Crippen MR) is 66.2 cm³/mol. The summed E-state index contributed by atoms with van der Waals surface area (Å²) in [6, 6.07) is 0.761. The largest absolute Gasteiger partial charge is 0.305 e. The molecule has 1 aromatic rings. The molecule has 0 aliphatic carbocycles. The zero-order valence-electron chi connectivity index (χ0n) is 9.82. The van der Waals surface area contributed by atoms with Crippen molar-refractivity contribution in [1.82, 2.24) is 15.3 Å². The third kappa shape index (κ3) is 3.80. The van der Waals surface area contributed by atoms with E-state index in [-0.39, 0.29) is 6.04 Å². The molecule has 4 heteroatoms. The second-order valence-electron chi connectivity index (χ2n) is 3.77. The Morgan fingerprint density at radius 1 is 1.33 bits per heavy atom. The molecular weight excluding hydrogens is 206 g/mol. The quantitative estimate of drug-likeness (QED) is 0.833. The van der Waals surface area contributed by atoms with Crippen LogP contribution in [0, 0.1) is 6.92 Å². The molecule has 0 spiro atoms. The Labute approximate surface area is 96.1 Å². The van der Waals surface area contributed by atoms with E-state index in [1.165, 1.54) is 0 Å². The van der Waals surface area contributed by atoms with Crippen LogP contribution in [0.5, 0.6) is 0 Å². The van der Waals surface area contributed by atoms with Crippen molar-refractivity contribution in [2.24, 2.45) is 0 Å². The minimum absolute atomic E-state index is 0.265. The molecule has 0 aromatic carbocycles. The van der Waals surface area contributed by atoms with Crippen LogP contribution in [-0.2, 0) is 0 Å². The second-order valence-corrected chi connectivity index (χ2v) is 4.68. The minimum atomic E-state index is 0.265. The normalized spacial score (nSPS) is 14.9. The fourth-order valence-electron chi connectivity index (χ4n) is 1.65. The van der Waals surface area contributed by atoms with Gasteiger partial charge in [0.2, 0.25) is 0 Å². The first-order chi connectivity index (χ1) is 7.15. The number of rotatable bonds is 5. The van der Waals surface area contributed by atoms with Crippen LogP contribution in [0.15, 0.2) is 12.4 Å². The lowest BCUT2D eigenvalue weighted by molar-refractivity contribution is 0.498. The van der Waals surface area contributed by atoms with Crippen LogP contribution in [0.1, 0.15) is 31.3 Å². The highest BCUT2D eigenvalue weighted by molar-refractivity contribution is 7.98. The third-order valence-corrected chi connectivity index (χ3v) is 3.11. The zero-order valence-corrected chi connectivity index (χ0v) is 10.6. The monoisotopic (exact) mass is 225 g/mol. The summed E-state index contributed by atoms with van der Waals surface area (Å²) in [7, 11) is 0. The van der Waals surface area contributed by atoms with Gasteiger partial charge in [0.15, 0.2) is 0 Å². The molecule has 3 nitrogen and oxygen atoms in total. The van der Waals surface area contributed by atoms with E-state index in [9.17, 15) is 0 Å². The van der Waals surface area contributed by atoms with Gasteiger partial charge in [-0.3, -0.25) is 9.97 Å². The fraction of sp³-hybridized carbons (Fsp3) is 0.636. The predicted octanol–water partition coefficient (Wildman–Crippen LogP) is 2.19. The van der Waals surface area contributed by atoms with Crippen molar-refractivity contribution in [2.45, 2.75) is 32.9 Å². The van der Waals surface area contributed by atoms with E-state index < -0.39 is 0 Å². The topological polar surface area (TPSA) is 37.8 Å². The summed E-state index contributed by atoms with van der Waals surface area (Å²) >= 11 is 1.85. The molecule has 1 aromatic heterocycles. The standard InChI is InChI=1S/C11H19N3S/c1-8(7-15-4)14-10(3)11-9(2)12-5-6-13-11/h5-6,8,10,14H,7H2,1-4H3. The highest BCUT2D eigenvalue weighted by atomic mass is 32.2. The SMILES string of the molecule is CSCC(C)NC(C)c1nccnc1C. The minimum Gasteiger partial charge on any atom is -0.305 e. The summed E-state index contributed by atoms with van der Waals surface area (Å²) in [5, 5.41) is 3.51. The van der Waals surface area contributed by atoms with Gasteiger partial charge in [-0.1, -0.05) is 0 Å². The molecule has 0 bridgehead atoms. The van der Waals surface area contributed by atoms with Crippen molar-refractivity contribution < 1.29 is 0 Å². The number of nitrogens with one attached hydrogen (secondary N) is 1. The number of thioether (sulfide) groups is 1. The van der Waals surface area contributed by atoms with Gasteiger partial charge in [0.25, 0.3) is 0 Å². The summed E-state index contributed by atoms with van der Waals surface area (Å²) in [5.41, 5.74) is 2.05. The molecule has 1 heterocycles. The van der Waals surface area contributed by atoms with Gasteiger partial charge in [-0.05, 0) is 27.0 Å². The number of hydrogen-bond donors (Lipinski definition) is 1. The van der Waals surface area contributed by atoms with E-state index >= 15 is 0 Å². The van der Waals surface area contributed by atoms with E-state index in [4.69, 9.17) is 0 Å². The Kier molecular flexibility index (Phi) is 5.05. The van der Waals surface area contributed by atoms with Crippen LogP contribution in [0.3, 0.4) is 0 Å². The van der Waals surface area contributed by atoms with Crippen molar-refractivity contribution in [1.29, 1.82) is 0 Å². The van der Waals surface area contributed by atoms with Gasteiger partial charge < -0.3 is 5.32 Å². The molecule has 0 saturated heterocycles. The molecule has 1 N–H and O–H groups in total. The molecule has 0 saturated carbocycles. The number of nitrogens with zero attached hydrogens (tertiary/aromatic N) is 2. The summed E-state index contributed by atoms with van der Waals surface area (Å²) < 4.78 is 0. The first-order valence-electron chi connectivity index (χ1n) is 5.17. The van der Waals surface area contributed by atoms with Crippen molar-refractivity contribution in [2.75, 3.05) is 12.0 Å². The maximum atomic E-state index is 4.36. The molecule has 0 radical (unpaired) electrons. The van der Waals surface area contributed by atoms with Crippen LogP contribution in [0.4, 0.5) is 0 Å². The summed E-state index contributed by atoms with van der Waals surface area (Å²) in [4.78, 5) is 8.61. The van der Waals surface area contributed by atoms with Crippen molar-refractivity contribution in [3.8, 4) is 0 Å². The van der Waals surface area contributed by atoms with E-state index in [2.05, 4.69) is 35.4 Å². The highest BCUT2D eigenvalue weighted by Gasteiger charge is 2.12. The molecule has 15 heavy (non-hydrogen) atoms. The van der Waals surface area contributed by atoms with Gasteiger partial charge in [0.05, 0.1) is 11.4 Å². The first-order valence-corrected chi connectivity index (χ1v) is 6.57. The molecule has 2 atom stereocenters. The van der Waals surface area contributed by atoms with Crippen molar-refractivity contribution >= 4 is 11.8 Å². The lowest BCUT2D eigenvalue weighted by Gasteiger charge is -2.19. The number of aryl methyl sites for hydroxylation is 1. The maximum absolute atomic E-state index is 4.36. The second kappa shape index (κ2) is 6.08. The van der Waals surface area contributed by atoms with Crippen LogP contribution in [0.2, 0.25) is 0 Å². The molecule has 1 rings (SSSR count). The van der Waals surface area contributed by atoms with E-state index in [1.54, 1.807) is 12.4 Å². The Morgan fingerprint density at radius 2 is 2.00 bits per heavy atom. The van der Waals surface area contributed by atoms with Crippen molar-refractivity contribution in [3.05, 3.63) is 23.8 Å². The van der Waals surface area contributed by atoms with Gasteiger partial charge in [-0.25, -0.2) is 0 Å². The van der Waals surface area contributed by atoms with Crippen LogP contribution < -0.4 is 5.32 Å². The number of aromatic nitrogens is 2. The van der Waals surface area contributed by atoms with Gasteiger partial charge >= 0.3 is 0 Å². The Balaban J connectivity index is 2.61.